The number of aryl methyl sites for hydroxylation is 2. The first-order valence-corrected chi connectivity index (χ1v) is 9.58. The number of hydrogen-bond acceptors (Lipinski definition) is 4. The second kappa shape index (κ2) is 7.89. The van der Waals surface area contributed by atoms with Crippen molar-refractivity contribution in [2.45, 2.75) is 25.7 Å². The molecule has 0 saturated heterocycles. The number of benzene rings is 2. The molecule has 0 aromatic heterocycles. The second-order valence-electron chi connectivity index (χ2n) is 5.62. The highest BCUT2D eigenvalue weighted by Gasteiger charge is 2.28. The number of sulfonamides is 1. The SMILES string of the molecule is CCOC(=O)CN(c1cc(C)cc(C)c1)S(=O)(=O)c1ccc(Cl)cc1. The molecule has 0 aliphatic rings. The van der Waals surface area contributed by atoms with Crippen LogP contribution in [0.15, 0.2) is 47.4 Å². The van der Waals surface area contributed by atoms with Crippen molar-refractivity contribution < 1.29 is 17.9 Å². The number of halogens is 1. The summed E-state index contributed by atoms with van der Waals surface area (Å²) >= 11 is 5.84. The van der Waals surface area contributed by atoms with E-state index in [1.54, 1.807) is 19.1 Å². The van der Waals surface area contributed by atoms with Gasteiger partial charge < -0.3 is 4.74 Å². The lowest BCUT2D eigenvalue weighted by Gasteiger charge is -2.24. The average molecular weight is 382 g/mol. The summed E-state index contributed by atoms with van der Waals surface area (Å²) in [6.45, 7) is 5.19. The van der Waals surface area contributed by atoms with Crippen LogP contribution >= 0.6 is 11.6 Å². The minimum absolute atomic E-state index is 0.0559. The Morgan fingerprint density at radius 2 is 1.64 bits per heavy atom. The quantitative estimate of drug-likeness (QED) is 0.715. The van der Waals surface area contributed by atoms with Gasteiger partial charge in [-0.3, -0.25) is 9.10 Å². The van der Waals surface area contributed by atoms with E-state index in [2.05, 4.69) is 0 Å². The standard InChI is InChI=1S/C18H20ClNO4S/c1-4-24-18(21)12-20(16-10-13(2)9-14(3)11-16)25(22,23)17-7-5-15(19)6-8-17/h5-11H,4,12H2,1-3H3. The minimum Gasteiger partial charge on any atom is -0.465 e. The van der Waals surface area contributed by atoms with Crippen molar-refractivity contribution in [3.05, 3.63) is 58.6 Å². The zero-order valence-electron chi connectivity index (χ0n) is 14.3. The van der Waals surface area contributed by atoms with E-state index in [-0.39, 0.29) is 11.5 Å². The third-order valence-electron chi connectivity index (χ3n) is 3.47. The number of hydrogen-bond donors (Lipinski definition) is 0. The zero-order chi connectivity index (χ0) is 18.6. The second-order valence-corrected chi connectivity index (χ2v) is 7.92. The molecule has 0 fully saturated rings. The fourth-order valence-corrected chi connectivity index (χ4v) is 3.99. The van der Waals surface area contributed by atoms with Crippen LogP contribution in [0.25, 0.3) is 0 Å². The maximum Gasteiger partial charge on any atom is 0.326 e. The fourth-order valence-electron chi connectivity index (χ4n) is 2.47. The van der Waals surface area contributed by atoms with Crippen molar-refractivity contribution in [1.29, 1.82) is 0 Å². The van der Waals surface area contributed by atoms with E-state index in [1.165, 1.54) is 24.3 Å². The average Bonchev–Trinajstić information content (AvgIpc) is 2.52. The molecule has 0 heterocycles. The van der Waals surface area contributed by atoms with Crippen LogP contribution in [0.2, 0.25) is 5.02 Å². The van der Waals surface area contributed by atoms with Crippen LogP contribution in [0.5, 0.6) is 0 Å². The third-order valence-corrected chi connectivity index (χ3v) is 5.51. The van der Waals surface area contributed by atoms with Crippen LogP contribution in [0.3, 0.4) is 0 Å². The minimum atomic E-state index is -3.94. The molecule has 0 bridgehead atoms. The summed E-state index contributed by atoms with van der Waals surface area (Å²) in [5.74, 6) is -0.612. The maximum atomic E-state index is 13.1. The largest absolute Gasteiger partial charge is 0.465 e. The molecule has 5 nitrogen and oxygen atoms in total. The van der Waals surface area contributed by atoms with Gasteiger partial charge in [0.1, 0.15) is 6.54 Å². The molecule has 0 amide bonds. The summed E-state index contributed by atoms with van der Waals surface area (Å²) in [5, 5.41) is 0.433. The van der Waals surface area contributed by atoms with Gasteiger partial charge in [-0.25, -0.2) is 8.42 Å². The van der Waals surface area contributed by atoms with Gasteiger partial charge >= 0.3 is 5.97 Å². The van der Waals surface area contributed by atoms with Crippen molar-refractivity contribution in [2.24, 2.45) is 0 Å². The number of carbonyl (C=O) groups excluding carboxylic acids is 1. The molecule has 0 spiro atoms. The Balaban J connectivity index is 2.53. The molecule has 0 aliphatic carbocycles. The lowest BCUT2D eigenvalue weighted by atomic mass is 10.1. The number of carbonyl (C=O) groups is 1. The van der Waals surface area contributed by atoms with Gasteiger partial charge in [-0.05, 0) is 68.3 Å². The van der Waals surface area contributed by atoms with E-state index in [9.17, 15) is 13.2 Å². The summed E-state index contributed by atoms with van der Waals surface area (Å²) in [6, 6.07) is 11.2. The normalized spacial score (nSPS) is 11.2. The molecular weight excluding hydrogens is 362 g/mol. The van der Waals surface area contributed by atoms with Gasteiger partial charge in [-0.2, -0.15) is 0 Å². The number of rotatable bonds is 6. The van der Waals surface area contributed by atoms with Crippen molar-refractivity contribution in [1.82, 2.24) is 0 Å². The van der Waals surface area contributed by atoms with Crippen LogP contribution in [-0.4, -0.2) is 27.5 Å². The monoisotopic (exact) mass is 381 g/mol. The topological polar surface area (TPSA) is 63.7 Å². The van der Waals surface area contributed by atoms with Gasteiger partial charge in [0.15, 0.2) is 0 Å². The molecule has 0 aliphatic heterocycles. The van der Waals surface area contributed by atoms with Gasteiger partial charge in [-0.15, -0.1) is 0 Å². The molecular formula is C18H20ClNO4S. The van der Waals surface area contributed by atoms with E-state index in [4.69, 9.17) is 16.3 Å². The molecule has 0 radical (unpaired) electrons. The van der Waals surface area contributed by atoms with Crippen LogP contribution in [0.1, 0.15) is 18.1 Å². The Labute approximate surface area is 153 Å². The Morgan fingerprint density at radius 1 is 1.08 bits per heavy atom. The number of esters is 1. The molecule has 2 aromatic carbocycles. The first-order valence-electron chi connectivity index (χ1n) is 7.76. The van der Waals surface area contributed by atoms with Crippen molar-refractivity contribution in [3.63, 3.8) is 0 Å². The Kier molecular flexibility index (Phi) is 6.08. The summed E-state index contributed by atoms with van der Waals surface area (Å²) in [4.78, 5) is 12.0. The van der Waals surface area contributed by atoms with Crippen molar-refractivity contribution >= 4 is 33.3 Å². The molecule has 0 N–H and O–H groups in total. The van der Waals surface area contributed by atoms with E-state index >= 15 is 0 Å². The lowest BCUT2D eigenvalue weighted by molar-refractivity contribution is -0.141. The highest BCUT2D eigenvalue weighted by Crippen LogP contribution is 2.26. The summed E-state index contributed by atoms with van der Waals surface area (Å²) in [7, 11) is -3.94. The smallest absolute Gasteiger partial charge is 0.326 e. The molecule has 0 unspecified atom stereocenters. The van der Waals surface area contributed by atoms with E-state index in [0.717, 1.165) is 15.4 Å². The predicted molar refractivity (Wildman–Crippen MR) is 98.5 cm³/mol. The summed E-state index contributed by atoms with van der Waals surface area (Å²) < 4.78 is 32.2. The highest BCUT2D eigenvalue weighted by molar-refractivity contribution is 7.92. The molecule has 2 aromatic rings. The first kappa shape index (κ1) is 19.3. The zero-order valence-corrected chi connectivity index (χ0v) is 15.9. The molecule has 0 saturated carbocycles. The molecule has 0 atom stereocenters. The third kappa shape index (κ3) is 4.74. The van der Waals surface area contributed by atoms with Crippen LogP contribution < -0.4 is 4.31 Å². The number of nitrogens with zero attached hydrogens (tertiary/aromatic N) is 1. The highest BCUT2D eigenvalue weighted by atomic mass is 35.5. The fraction of sp³-hybridized carbons (Fsp3) is 0.278. The lowest BCUT2D eigenvalue weighted by Crippen LogP contribution is -2.36. The Bertz CT molecular complexity index is 843. The Hall–Kier alpha value is -2.05. The van der Waals surface area contributed by atoms with Gasteiger partial charge in [-0.1, -0.05) is 17.7 Å². The molecule has 2 rings (SSSR count). The summed E-state index contributed by atoms with van der Waals surface area (Å²) in [6.07, 6.45) is 0. The van der Waals surface area contributed by atoms with Gasteiger partial charge in [0.2, 0.25) is 0 Å². The van der Waals surface area contributed by atoms with Gasteiger partial charge in [0, 0.05) is 5.02 Å². The number of ether oxygens (including phenoxy) is 1. The van der Waals surface area contributed by atoms with Crippen molar-refractivity contribution in [2.75, 3.05) is 17.5 Å². The molecule has 7 heteroatoms. The predicted octanol–water partition coefficient (Wildman–Crippen LogP) is 3.72. The van der Waals surface area contributed by atoms with Gasteiger partial charge in [0.25, 0.3) is 10.0 Å². The van der Waals surface area contributed by atoms with Crippen LogP contribution in [0, 0.1) is 13.8 Å². The van der Waals surface area contributed by atoms with Crippen molar-refractivity contribution in [3.8, 4) is 0 Å². The maximum absolute atomic E-state index is 13.1. The van der Waals surface area contributed by atoms with E-state index in [1.807, 2.05) is 19.9 Å². The van der Waals surface area contributed by atoms with E-state index < -0.39 is 22.5 Å². The van der Waals surface area contributed by atoms with E-state index in [0.29, 0.717) is 10.7 Å². The van der Waals surface area contributed by atoms with Gasteiger partial charge in [0.05, 0.1) is 17.2 Å². The number of anilines is 1. The van der Waals surface area contributed by atoms with Crippen LogP contribution in [0.4, 0.5) is 5.69 Å². The van der Waals surface area contributed by atoms with Crippen LogP contribution in [-0.2, 0) is 19.6 Å². The Morgan fingerprint density at radius 3 is 2.16 bits per heavy atom. The molecule has 25 heavy (non-hydrogen) atoms. The summed E-state index contributed by atoms with van der Waals surface area (Å²) in [5.41, 5.74) is 2.21. The molecule has 134 valence electrons. The first-order chi connectivity index (χ1) is 11.7.